The lowest BCUT2D eigenvalue weighted by atomic mass is 10.2. The van der Waals surface area contributed by atoms with Crippen LogP contribution in [0.5, 0.6) is 11.6 Å². The number of hydrogen-bond donors (Lipinski definition) is 1. The summed E-state index contributed by atoms with van der Waals surface area (Å²) < 4.78 is 9.91. The van der Waals surface area contributed by atoms with Crippen molar-refractivity contribution in [3.63, 3.8) is 0 Å². The molecule has 0 aliphatic rings. The number of H-pyrrole nitrogens is 1. The number of ether oxygens (including phenoxy) is 2. The van der Waals surface area contributed by atoms with E-state index in [1.54, 1.807) is 6.92 Å². The monoisotopic (exact) mass is 183 g/mol. The lowest BCUT2D eigenvalue weighted by Crippen LogP contribution is -2.13. The number of pyridine rings is 1. The zero-order valence-electron chi connectivity index (χ0n) is 8.22. The van der Waals surface area contributed by atoms with Crippen molar-refractivity contribution < 1.29 is 9.47 Å². The summed E-state index contributed by atoms with van der Waals surface area (Å²) in [6.07, 6.45) is 0. The van der Waals surface area contributed by atoms with Gasteiger partial charge in [-0.25, -0.2) is 0 Å². The third-order valence-corrected chi connectivity index (χ3v) is 2.02. The first-order valence-electron chi connectivity index (χ1n) is 3.93. The van der Waals surface area contributed by atoms with Crippen LogP contribution < -0.4 is 14.9 Å². The van der Waals surface area contributed by atoms with Gasteiger partial charge in [0.05, 0.1) is 14.2 Å². The van der Waals surface area contributed by atoms with Crippen LogP contribution in [0.25, 0.3) is 0 Å². The zero-order chi connectivity index (χ0) is 10.0. The van der Waals surface area contributed by atoms with Crippen LogP contribution in [0.15, 0.2) is 4.79 Å². The Balaban J connectivity index is 3.48. The smallest absolute Gasteiger partial charge is 0.238 e. The molecule has 0 radical (unpaired) electrons. The first-order chi connectivity index (χ1) is 6.11. The summed E-state index contributed by atoms with van der Waals surface area (Å²) in [6.45, 7) is 3.56. The average molecular weight is 183 g/mol. The second-order valence-corrected chi connectivity index (χ2v) is 2.77. The second-order valence-electron chi connectivity index (χ2n) is 2.77. The molecule has 4 heteroatoms. The van der Waals surface area contributed by atoms with E-state index in [4.69, 9.17) is 9.47 Å². The fraction of sp³-hybridized carbons (Fsp3) is 0.444. The predicted octanol–water partition coefficient (Wildman–Crippen LogP) is 1.01. The molecular weight excluding hydrogens is 170 g/mol. The van der Waals surface area contributed by atoms with Gasteiger partial charge in [-0.15, -0.1) is 0 Å². The minimum atomic E-state index is -0.129. The molecule has 0 aliphatic heterocycles. The van der Waals surface area contributed by atoms with Crippen LogP contribution >= 0.6 is 0 Å². The largest absolute Gasteiger partial charge is 0.488 e. The maximum Gasteiger partial charge on any atom is 0.238 e. The minimum absolute atomic E-state index is 0.129. The second kappa shape index (κ2) is 3.51. The van der Waals surface area contributed by atoms with Gasteiger partial charge in [0.2, 0.25) is 17.1 Å². The van der Waals surface area contributed by atoms with Gasteiger partial charge in [0.25, 0.3) is 0 Å². The molecule has 1 rings (SSSR count). The Morgan fingerprint density at radius 1 is 1.15 bits per heavy atom. The lowest BCUT2D eigenvalue weighted by molar-refractivity contribution is 0.339. The topological polar surface area (TPSA) is 51.3 Å². The highest BCUT2D eigenvalue weighted by Crippen LogP contribution is 2.20. The molecule has 0 saturated heterocycles. The fourth-order valence-corrected chi connectivity index (χ4v) is 1.09. The molecule has 0 bridgehead atoms. The molecule has 0 fully saturated rings. The van der Waals surface area contributed by atoms with E-state index >= 15 is 0 Å². The SMILES string of the molecule is COc1[nH]c(C)c(C)c(=O)c1OC. The Labute approximate surface area is 76.5 Å². The van der Waals surface area contributed by atoms with Crippen molar-refractivity contribution in [3.05, 3.63) is 21.5 Å². The van der Waals surface area contributed by atoms with E-state index in [0.717, 1.165) is 5.69 Å². The van der Waals surface area contributed by atoms with E-state index in [1.165, 1.54) is 14.2 Å². The maximum absolute atomic E-state index is 11.6. The van der Waals surface area contributed by atoms with Gasteiger partial charge >= 0.3 is 0 Å². The van der Waals surface area contributed by atoms with Crippen LogP contribution in [0.1, 0.15) is 11.3 Å². The molecule has 1 aromatic heterocycles. The van der Waals surface area contributed by atoms with Crippen LogP contribution in [0, 0.1) is 13.8 Å². The van der Waals surface area contributed by atoms with Gasteiger partial charge in [-0.2, -0.15) is 0 Å². The van der Waals surface area contributed by atoms with Crippen molar-refractivity contribution in [2.75, 3.05) is 14.2 Å². The maximum atomic E-state index is 11.6. The standard InChI is InChI=1S/C9H13NO3/c1-5-6(2)10-9(13-4)8(12-3)7(5)11/h1-4H3,(H,10,11). The molecule has 1 heterocycles. The number of aryl methyl sites for hydroxylation is 1. The van der Waals surface area contributed by atoms with E-state index in [2.05, 4.69) is 4.98 Å². The molecule has 0 aromatic carbocycles. The third kappa shape index (κ3) is 1.52. The Bertz CT molecular complexity index is 368. The molecule has 0 atom stereocenters. The van der Waals surface area contributed by atoms with Crippen LogP contribution in [-0.4, -0.2) is 19.2 Å². The number of aromatic nitrogens is 1. The van der Waals surface area contributed by atoms with E-state index in [0.29, 0.717) is 11.4 Å². The van der Waals surface area contributed by atoms with Crippen LogP contribution in [0.3, 0.4) is 0 Å². The molecule has 0 unspecified atom stereocenters. The van der Waals surface area contributed by atoms with Crippen molar-refractivity contribution in [1.82, 2.24) is 4.98 Å². The van der Waals surface area contributed by atoms with Gasteiger partial charge in [0, 0.05) is 11.3 Å². The summed E-state index contributed by atoms with van der Waals surface area (Å²) in [6, 6.07) is 0. The number of methoxy groups -OCH3 is 2. The van der Waals surface area contributed by atoms with E-state index in [-0.39, 0.29) is 11.2 Å². The average Bonchev–Trinajstić information content (AvgIpc) is 2.13. The first-order valence-corrected chi connectivity index (χ1v) is 3.93. The number of hydrogen-bond acceptors (Lipinski definition) is 3. The van der Waals surface area contributed by atoms with Crippen molar-refractivity contribution in [2.45, 2.75) is 13.8 Å². The van der Waals surface area contributed by atoms with Gasteiger partial charge in [-0.1, -0.05) is 0 Å². The lowest BCUT2D eigenvalue weighted by Gasteiger charge is -2.09. The Hall–Kier alpha value is -1.45. The molecule has 0 amide bonds. The molecule has 13 heavy (non-hydrogen) atoms. The van der Waals surface area contributed by atoms with Gasteiger partial charge in [-0.3, -0.25) is 4.79 Å². The Kier molecular flexibility index (Phi) is 2.60. The number of aromatic amines is 1. The summed E-state index contributed by atoms with van der Waals surface area (Å²) >= 11 is 0. The summed E-state index contributed by atoms with van der Waals surface area (Å²) in [5.74, 6) is 0.598. The predicted molar refractivity (Wildman–Crippen MR) is 49.6 cm³/mol. The van der Waals surface area contributed by atoms with Crippen molar-refractivity contribution in [1.29, 1.82) is 0 Å². The highest BCUT2D eigenvalue weighted by molar-refractivity contribution is 5.38. The molecule has 72 valence electrons. The number of rotatable bonds is 2. The molecular formula is C9H13NO3. The summed E-state index contributed by atoms with van der Waals surface area (Å²) in [5.41, 5.74) is 1.32. The number of nitrogens with one attached hydrogen (secondary N) is 1. The third-order valence-electron chi connectivity index (χ3n) is 2.02. The van der Waals surface area contributed by atoms with Crippen molar-refractivity contribution in [3.8, 4) is 11.6 Å². The van der Waals surface area contributed by atoms with Gasteiger partial charge in [0.1, 0.15) is 0 Å². The van der Waals surface area contributed by atoms with E-state index in [9.17, 15) is 4.79 Å². The molecule has 0 aliphatic carbocycles. The summed E-state index contributed by atoms with van der Waals surface area (Å²) in [4.78, 5) is 14.5. The van der Waals surface area contributed by atoms with Crippen molar-refractivity contribution >= 4 is 0 Å². The minimum Gasteiger partial charge on any atom is -0.488 e. The molecule has 0 saturated carbocycles. The molecule has 4 nitrogen and oxygen atoms in total. The van der Waals surface area contributed by atoms with Gasteiger partial charge < -0.3 is 14.5 Å². The van der Waals surface area contributed by atoms with E-state index in [1.807, 2.05) is 6.92 Å². The van der Waals surface area contributed by atoms with Crippen LogP contribution in [0.4, 0.5) is 0 Å². The highest BCUT2D eigenvalue weighted by Gasteiger charge is 2.12. The zero-order valence-corrected chi connectivity index (χ0v) is 8.22. The summed E-state index contributed by atoms with van der Waals surface area (Å²) in [5, 5.41) is 0. The molecule has 0 spiro atoms. The van der Waals surface area contributed by atoms with Crippen LogP contribution in [-0.2, 0) is 0 Å². The quantitative estimate of drug-likeness (QED) is 0.744. The Morgan fingerprint density at radius 2 is 1.77 bits per heavy atom. The van der Waals surface area contributed by atoms with Gasteiger partial charge in [0.15, 0.2) is 0 Å². The van der Waals surface area contributed by atoms with Crippen molar-refractivity contribution in [2.24, 2.45) is 0 Å². The fourth-order valence-electron chi connectivity index (χ4n) is 1.09. The summed E-state index contributed by atoms with van der Waals surface area (Å²) in [7, 11) is 2.93. The highest BCUT2D eigenvalue weighted by atomic mass is 16.5. The Morgan fingerprint density at radius 3 is 2.23 bits per heavy atom. The normalized spacial score (nSPS) is 9.85. The van der Waals surface area contributed by atoms with Crippen LogP contribution in [0.2, 0.25) is 0 Å². The molecule has 1 aromatic rings. The van der Waals surface area contributed by atoms with Gasteiger partial charge in [-0.05, 0) is 13.8 Å². The molecule has 1 N–H and O–H groups in total. The first kappa shape index (κ1) is 9.64. The van der Waals surface area contributed by atoms with E-state index < -0.39 is 0 Å².